The average molecular weight is 429 g/mol. The van der Waals surface area contributed by atoms with Crippen LogP contribution in [0.25, 0.3) is 0 Å². The Morgan fingerprint density at radius 2 is 2.00 bits per heavy atom. The molecule has 0 saturated carbocycles. The molecule has 1 aromatic carbocycles. The van der Waals surface area contributed by atoms with Crippen molar-refractivity contribution in [3.05, 3.63) is 47.1 Å². The SMILES string of the molecule is CC(=CCC[C@]1(C)CCc2cc(O)cc(C)c2O1)CC=C[C@H](C)C(=O)[C@H](O)CC(C)C. The van der Waals surface area contributed by atoms with Gasteiger partial charge >= 0.3 is 0 Å². The standard InChI is InChI=1S/C27H40O4/c1-18(2)15-24(29)25(30)20(4)11-7-9-19(3)10-8-13-27(6)14-12-22-17-23(28)16-21(5)26(22)31-27/h7,10-11,16-18,20,24,28-29H,8-9,12-15H2,1-6H3/t20-,24+,27+/m0/s1. The lowest BCUT2D eigenvalue weighted by Gasteiger charge is -2.36. The summed E-state index contributed by atoms with van der Waals surface area (Å²) in [6, 6.07) is 3.57. The fourth-order valence-electron chi connectivity index (χ4n) is 4.16. The van der Waals surface area contributed by atoms with Crippen molar-refractivity contribution in [2.45, 2.75) is 91.8 Å². The van der Waals surface area contributed by atoms with Gasteiger partial charge in [-0.15, -0.1) is 0 Å². The molecule has 1 aromatic rings. The molecule has 0 fully saturated rings. The van der Waals surface area contributed by atoms with Crippen LogP contribution in [0.1, 0.15) is 77.8 Å². The Labute approximate surface area is 188 Å². The van der Waals surface area contributed by atoms with Crippen LogP contribution in [0.3, 0.4) is 0 Å². The number of aryl methyl sites for hydroxylation is 2. The summed E-state index contributed by atoms with van der Waals surface area (Å²) >= 11 is 0. The summed E-state index contributed by atoms with van der Waals surface area (Å²) in [5.74, 6) is 1.17. The summed E-state index contributed by atoms with van der Waals surface area (Å²) in [4.78, 5) is 12.2. The second-order valence-electron chi connectivity index (χ2n) is 9.86. The zero-order chi connectivity index (χ0) is 23.2. The van der Waals surface area contributed by atoms with Gasteiger partial charge in [-0.05, 0) is 88.5 Å². The van der Waals surface area contributed by atoms with Gasteiger partial charge in [0.05, 0.1) is 0 Å². The van der Waals surface area contributed by atoms with Crippen molar-refractivity contribution in [1.82, 2.24) is 0 Å². The molecule has 0 aliphatic carbocycles. The third-order valence-corrected chi connectivity index (χ3v) is 6.11. The van der Waals surface area contributed by atoms with Gasteiger partial charge < -0.3 is 14.9 Å². The molecule has 0 aromatic heterocycles. The molecule has 0 radical (unpaired) electrons. The number of ketones is 1. The van der Waals surface area contributed by atoms with E-state index in [1.54, 1.807) is 6.07 Å². The van der Waals surface area contributed by atoms with E-state index in [0.29, 0.717) is 18.1 Å². The number of carbonyl (C=O) groups is 1. The van der Waals surface area contributed by atoms with Gasteiger partial charge in [0.15, 0.2) is 5.78 Å². The van der Waals surface area contributed by atoms with Gasteiger partial charge in [-0.1, -0.05) is 44.6 Å². The van der Waals surface area contributed by atoms with E-state index < -0.39 is 6.10 Å². The number of phenols is 1. The summed E-state index contributed by atoms with van der Waals surface area (Å²) < 4.78 is 6.36. The number of ether oxygens (including phenoxy) is 1. The predicted molar refractivity (Wildman–Crippen MR) is 127 cm³/mol. The molecular formula is C27H40O4. The highest BCUT2D eigenvalue weighted by molar-refractivity contribution is 5.86. The number of allylic oxidation sites excluding steroid dienone is 4. The van der Waals surface area contributed by atoms with Crippen LogP contribution in [0.15, 0.2) is 35.9 Å². The Balaban J connectivity index is 1.83. The normalized spacial score (nSPS) is 21.1. The zero-order valence-corrected chi connectivity index (χ0v) is 20.1. The minimum absolute atomic E-state index is 0.0992. The Morgan fingerprint density at radius 1 is 1.29 bits per heavy atom. The first-order valence-corrected chi connectivity index (χ1v) is 11.6. The first kappa shape index (κ1) is 25.2. The number of Topliss-reactive ketones (excluding diaryl/α,β-unsaturated/α-hetero) is 1. The lowest BCUT2D eigenvalue weighted by Crippen LogP contribution is -2.36. The van der Waals surface area contributed by atoms with E-state index in [4.69, 9.17) is 4.74 Å². The van der Waals surface area contributed by atoms with Crippen LogP contribution in [0, 0.1) is 18.8 Å². The largest absolute Gasteiger partial charge is 0.508 e. The summed E-state index contributed by atoms with van der Waals surface area (Å²) in [5.41, 5.74) is 3.14. The topological polar surface area (TPSA) is 66.8 Å². The van der Waals surface area contributed by atoms with E-state index in [-0.39, 0.29) is 17.3 Å². The molecule has 1 heterocycles. The van der Waals surface area contributed by atoms with Gasteiger partial charge in [-0.3, -0.25) is 4.79 Å². The van der Waals surface area contributed by atoms with Gasteiger partial charge in [-0.2, -0.15) is 0 Å². The van der Waals surface area contributed by atoms with Crippen molar-refractivity contribution in [3.8, 4) is 11.5 Å². The highest BCUT2D eigenvalue weighted by atomic mass is 16.5. The maximum atomic E-state index is 12.2. The molecule has 4 heteroatoms. The molecule has 1 aliphatic rings. The summed E-state index contributed by atoms with van der Waals surface area (Å²) in [6.45, 7) is 12.1. The van der Waals surface area contributed by atoms with Gasteiger partial charge in [0.25, 0.3) is 0 Å². The van der Waals surface area contributed by atoms with Crippen molar-refractivity contribution in [1.29, 1.82) is 0 Å². The van der Waals surface area contributed by atoms with Crippen LogP contribution >= 0.6 is 0 Å². The first-order chi connectivity index (χ1) is 14.5. The number of rotatable bonds is 10. The molecule has 1 aliphatic heterocycles. The number of hydrogen-bond acceptors (Lipinski definition) is 4. The number of carbonyl (C=O) groups excluding carboxylic acids is 1. The summed E-state index contributed by atoms with van der Waals surface area (Å²) in [7, 11) is 0. The minimum atomic E-state index is -0.870. The number of phenolic OH excluding ortho intramolecular Hbond substituents is 1. The second-order valence-corrected chi connectivity index (χ2v) is 9.86. The maximum absolute atomic E-state index is 12.2. The second kappa shape index (κ2) is 11.0. The van der Waals surface area contributed by atoms with Crippen molar-refractivity contribution in [3.63, 3.8) is 0 Å². The van der Waals surface area contributed by atoms with Crippen molar-refractivity contribution < 1.29 is 19.7 Å². The van der Waals surface area contributed by atoms with E-state index in [9.17, 15) is 15.0 Å². The molecule has 0 bridgehead atoms. The third-order valence-electron chi connectivity index (χ3n) is 6.11. The quantitative estimate of drug-likeness (QED) is 0.444. The molecular weight excluding hydrogens is 388 g/mol. The van der Waals surface area contributed by atoms with Crippen LogP contribution < -0.4 is 4.74 Å². The third kappa shape index (κ3) is 7.53. The van der Waals surface area contributed by atoms with Crippen LogP contribution in [-0.2, 0) is 11.2 Å². The van der Waals surface area contributed by atoms with Crippen molar-refractivity contribution in [2.24, 2.45) is 11.8 Å². The molecule has 3 atom stereocenters. The van der Waals surface area contributed by atoms with Crippen molar-refractivity contribution in [2.75, 3.05) is 0 Å². The highest BCUT2D eigenvalue weighted by Gasteiger charge is 2.32. The lowest BCUT2D eigenvalue weighted by atomic mass is 9.87. The Hall–Kier alpha value is -2.07. The molecule has 31 heavy (non-hydrogen) atoms. The molecule has 0 spiro atoms. The van der Waals surface area contributed by atoms with Crippen LogP contribution in [-0.4, -0.2) is 27.7 Å². The zero-order valence-electron chi connectivity index (χ0n) is 20.1. The number of aliphatic hydroxyl groups is 1. The van der Waals surface area contributed by atoms with Gasteiger partial charge in [-0.25, -0.2) is 0 Å². The van der Waals surface area contributed by atoms with Crippen LogP contribution in [0.4, 0.5) is 0 Å². The number of hydrogen-bond donors (Lipinski definition) is 2. The number of benzene rings is 1. The Bertz CT molecular complexity index is 821. The lowest BCUT2D eigenvalue weighted by molar-refractivity contribution is -0.130. The average Bonchev–Trinajstić information content (AvgIpc) is 2.67. The van der Waals surface area contributed by atoms with E-state index in [0.717, 1.165) is 49.0 Å². The Morgan fingerprint density at radius 3 is 2.68 bits per heavy atom. The molecule has 0 saturated heterocycles. The van der Waals surface area contributed by atoms with E-state index in [1.165, 1.54) is 5.57 Å². The molecule has 2 N–H and O–H groups in total. The monoisotopic (exact) mass is 428 g/mol. The number of aromatic hydroxyl groups is 1. The van der Waals surface area contributed by atoms with Crippen molar-refractivity contribution >= 4 is 5.78 Å². The molecule has 4 nitrogen and oxygen atoms in total. The van der Waals surface area contributed by atoms with Crippen LogP contribution in [0.2, 0.25) is 0 Å². The van der Waals surface area contributed by atoms with E-state index >= 15 is 0 Å². The Kier molecular flexibility index (Phi) is 8.93. The van der Waals surface area contributed by atoms with E-state index in [2.05, 4.69) is 19.9 Å². The molecule has 172 valence electrons. The highest BCUT2D eigenvalue weighted by Crippen LogP contribution is 2.39. The van der Waals surface area contributed by atoms with Gasteiger partial charge in [0.2, 0.25) is 0 Å². The molecule has 0 unspecified atom stereocenters. The predicted octanol–water partition coefficient (Wildman–Crippen LogP) is 6.07. The van der Waals surface area contributed by atoms with Gasteiger partial charge in [0.1, 0.15) is 23.2 Å². The molecule has 0 amide bonds. The fourth-order valence-corrected chi connectivity index (χ4v) is 4.16. The van der Waals surface area contributed by atoms with Crippen LogP contribution in [0.5, 0.6) is 11.5 Å². The number of aliphatic hydroxyl groups excluding tert-OH is 1. The number of fused-ring (bicyclic) bond motifs is 1. The fraction of sp³-hybridized carbons (Fsp3) is 0.593. The maximum Gasteiger partial charge on any atom is 0.167 e. The molecule has 2 rings (SSSR count). The first-order valence-electron chi connectivity index (χ1n) is 11.6. The summed E-state index contributed by atoms with van der Waals surface area (Å²) in [5, 5.41) is 19.8. The minimum Gasteiger partial charge on any atom is -0.508 e. The smallest absolute Gasteiger partial charge is 0.167 e. The van der Waals surface area contributed by atoms with E-state index in [1.807, 2.05) is 45.9 Å². The summed E-state index contributed by atoms with van der Waals surface area (Å²) in [6.07, 6.45) is 10.4. The van der Waals surface area contributed by atoms with Gasteiger partial charge in [0, 0.05) is 5.92 Å².